The van der Waals surface area contributed by atoms with Crippen LogP contribution >= 0.6 is 0 Å². The highest BCUT2D eigenvalue weighted by Crippen LogP contribution is 2.60. The van der Waals surface area contributed by atoms with Crippen molar-refractivity contribution in [1.82, 2.24) is 19.6 Å². The minimum absolute atomic E-state index is 0.196. The first-order valence-electron chi connectivity index (χ1n) is 17.8. The molecule has 4 saturated carbocycles. The molecule has 4 bridgehead atoms. The largest absolute Gasteiger partial charge is 0.370 e. The van der Waals surface area contributed by atoms with E-state index in [0.29, 0.717) is 29.5 Å². The quantitative estimate of drug-likeness (QED) is 0.352. The highest BCUT2D eigenvalue weighted by Gasteiger charge is 2.53. The number of nitrogens with one attached hydrogen (secondary N) is 1. The molecule has 3 aliphatic heterocycles. The molecule has 1 aromatic carbocycles. The van der Waals surface area contributed by atoms with Crippen molar-refractivity contribution < 1.29 is 0 Å². The number of nitrogens with two attached hydrogens (primary N) is 1. The van der Waals surface area contributed by atoms with E-state index in [4.69, 9.17) is 5.73 Å². The lowest BCUT2D eigenvalue weighted by Gasteiger charge is -2.58. The fourth-order valence-corrected chi connectivity index (χ4v) is 10.9. The third-order valence-electron chi connectivity index (χ3n) is 12.4. The summed E-state index contributed by atoms with van der Waals surface area (Å²) in [5.74, 6) is 4.93. The fourth-order valence-electron chi connectivity index (χ4n) is 10.9. The molecule has 0 spiro atoms. The molecule has 7 heteroatoms. The number of aliphatic imine (C=N–C) groups is 1. The third-order valence-corrected chi connectivity index (χ3v) is 12.4. The Labute approximate surface area is 260 Å². The van der Waals surface area contributed by atoms with Gasteiger partial charge in [-0.15, -0.1) is 0 Å². The second-order valence-corrected chi connectivity index (χ2v) is 15.8. The first kappa shape index (κ1) is 29.4. The van der Waals surface area contributed by atoms with E-state index in [-0.39, 0.29) is 6.17 Å². The Hall–Kier alpha value is -2.28. The summed E-state index contributed by atoms with van der Waals surface area (Å²) in [5, 5.41) is 9.83. The van der Waals surface area contributed by atoms with Crippen molar-refractivity contribution in [2.24, 2.45) is 39.8 Å². The fraction of sp³-hybridized carbons (Fsp3) is 0.778. The molecule has 4 aliphatic carbocycles. The standard InChI is InChI=1S/C36H57N7/c1-4-9-30-23-42(35(38)43(30)24-36-18-27-14-28(19-36)16-29(15-27)20-36)33(17-26-10-6-5-7-11-26)40-13-8-12-31(40)22-41-32(25(2)3)21-39-34(41)37/h5-7,10-11,25,27-33,38H,4,8-9,12-24H2,1-3H3,(H2,37,39)/t27?,28?,29?,30-,31+,32+,33-,36?/m1/s1. The zero-order valence-electron chi connectivity index (χ0n) is 27.1. The molecule has 3 heterocycles. The van der Waals surface area contributed by atoms with Crippen molar-refractivity contribution in [3.05, 3.63) is 35.9 Å². The Kier molecular flexibility index (Phi) is 8.15. The van der Waals surface area contributed by atoms with Crippen LogP contribution in [0.1, 0.15) is 90.5 Å². The molecule has 7 nitrogen and oxygen atoms in total. The van der Waals surface area contributed by atoms with E-state index in [1.165, 1.54) is 69.8 Å². The maximum absolute atomic E-state index is 9.83. The number of rotatable bonds is 11. The van der Waals surface area contributed by atoms with Gasteiger partial charge in [0.05, 0.1) is 18.8 Å². The molecule has 3 N–H and O–H groups in total. The smallest absolute Gasteiger partial charge is 0.195 e. The van der Waals surface area contributed by atoms with Gasteiger partial charge in [0.2, 0.25) is 0 Å². The van der Waals surface area contributed by atoms with Gasteiger partial charge in [0.1, 0.15) is 0 Å². The van der Waals surface area contributed by atoms with Crippen LogP contribution < -0.4 is 5.73 Å². The van der Waals surface area contributed by atoms with Gasteiger partial charge >= 0.3 is 0 Å². The van der Waals surface area contributed by atoms with Crippen LogP contribution in [0, 0.1) is 34.5 Å². The molecule has 2 saturated heterocycles. The maximum Gasteiger partial charge on any atom is 0.195 e. The topological polar surface area (TPSA) is 75.2 Å². The van der Waals surface area contributed by atoms with Crippen LogP contribution in [0.25, 0.3) is 0 Å². The van der Waals surface area contributed by atoms with Crippen LogP contribution in [0.4, 0.5) is 0 Å². The second kappa shape index (κ2) is 11.9. The van der Waals surface area contributed by atoms with Crippen molar-refractivity contribution in [2.75, 3.05) is 32.7 Å². The zero-order chi connectivity index (χ0) is 29.7. The van der Waals surface area contributed by atoms with Crippen LogP contribution in [0.15, 0.2) is 35.3 Å². The van der Waals surface area contributed by atoms with Crippen molar-refractivity contribution in [1.29, 1.82) is 5.41 Å². The Morgan fingerprint density at radius 2 is 1.70 bits per heavy atom. The summed E-state index contributed by atoms with van der Waals surface area (Å²) >= 11 is 0. The summed E-state index contributed by atoms with van der Waals surface area (Å²) in [6, 6.07) is 12.3. The normalized spacial score (nSPS) is 36.4. The third kappa shape index (κ3) is 5.68. The van der Waals surface area contributed by atoms with E-state index in [0.717, 1.165) is 68.8 Å². The molecule has 0 radical (unpaired) electrons. The summed E-state index contributed by atoms with van der Waals surface area (Å²) in [7, 11) is 0. The zero-order valence-corrected chi connectivity index (χ0v) is 27.1. The van der Waals surface area contributed by atoms with Crippen LogP contribution in [0.3, 0.4) is 0 Å². The van der Waals surface area contributed by atoms with E-state index in [1.54, 1.807) is 0 Å². The number of hydrogen-bond donors (Lipinski definition) is 2. The van der Waals surface area contributed by atoms with Crippen molar-refractivity contribution in [3.63, 3.8) is 0 Å². The van der Waals surface area contributed by atoms with E-state index >= 15 is 0 Å². The lowest BCUT2D eigenvalue weighted by atomic mass is 9.49. The minimum atomic E-state index is 0.196. The summed E-state index contributed by atoms with van der Waals surface area (Å²) in [6.45, 7) is 11.9. The van der Waals surface area contributed by atoms with E-state index in [2.05, 4.69) is 75.7 Å². The SMILES string of the molecule is CCC[C@@H]1CN([C@H](Cc2ccccc2)N2CCC[C@H]2CN2C(N)=NC[C@H]2C(C)C)C(=N)N1CC12CC3CC(CC(C3)C1)C2. The summed E-state index contributed by atoms with van der Waals surface area (Å²) in [4.78, 5) is 15.0. The summed E-state index contributed by atoms with van der Waals surface area (Å²) in [5.41, 5.74) is 8.32. The van der Waals surface area contributed by atoms with Gasteiger partial charge in [0.25, 0.3) is 0 Å². The van der Waals surface area contributed by atoms with Crippen molar-refractivity contribution >= 4 is 11.9 Å². The Bertz CT molecular complexity index is 1130. The molecule has 7 aliphatic rings. The van der Waals surface area contributed by atoms with Gasteiger partial charge in [0, 0.05) is 44.7 Å². The molecule has 0 amide bonds. The van der Waals surface area contributed by atoms with Crippen LogP contribution in [-0.4, -0.2) is 88.5 Å². The number of likely N-dealkylation sites (tertiary alicyclic amines) is 1. The van der Waals surface area contributed by atoms with Gasteiger partial charge in [-0.3, -0.25) is 15.3 Å². The highest BCUT2D eigenvalue weighted by molar-refractivity contribution is 5.80. The van der Waals surface area contributed by atoms with Crippen molar-refractivity contribution in [3.8, 4) is 0 Å². The maximum atomic E-state index is 9.83. The van der Waals surface area contributed by atoms with E-state index < -0.39 is 0 Å². The highest BCUT2D eigenvalue weighted by atomic mass is 15.5. The summed E-state index contributed by atoms with van der Waals surface area (Å²) in [6.07, 6.45) is 14.6. The molecule has 1 aromatic rings. The number of guanidine groups is 2. The molecular formula is C36H57N7. The molecule has 6 fully saturated rings. The van der Waals surface area contributed by atoms with Gasteiger partial charge < -0.3 is 20.4 Å². The van der Waals surface area contributed by atoms with Crippen LogP contribution in [0.2, 0.25) is 0 Å². The molecule has 236 valence electrons. The van der Waals surface area contributed by atoms with Gasteiger partial charge in [-0.05, 0) is 92.4 Å². The van der Waals surface area contributed by atoms with Crippen LogP contribution in [0.5, 0.6) is 0 Å². The molecule has 43 heavy (non-hydrogen) atoms. The van der Waals surface area contributed by atoms with Gasteiger partial charge in [-0.1, -0.05) is 57.5 Å². The molecule has 4 atom stereocenters. The minimum Gasteiger partial charge on any atom is -0.370 e. The Morgan fingerprint density at radius 1 is 1.00 bits per heavy atom. The molecule has 0 unspecified atom stereocenters. The Morgan fingerprint density at radius 3 is 2.35 bits per heavy atom. The lowest BCUT2D eigenvalue weighted by Crippen LogP contribution is -2.57. The predicted molar refractivity (Wildman–Crippen MR) is 176 cm³/mol. The second-order valence-electron chi connectivity index (χ2n) is 15.8. The number of benzene rings is 1. The summed E-state index contributed by atoms with van der Waals surface area (Å²) < 4.78 is 0. The van der Waals surface area contributed by atoms with Crippen LogP contribution in [-0.2, 0) is 6.42 Å². The first-order valence-corrected chi connectivity index (χ1v) is 17.8. The number of nitrogens with zero attached hydrogens (tertiary/aromatic N) is 5. The van der Waals surface area contributed by atoms with Gasteiger partial charge in [-0.25, -0.2) is 0 Å². The molecular weight excluding hydrogens is 530 g/mol. The monoisotopic (exact) mass is 587 g/mol. The first-order chi connectivity index (χ1) is 20.8. The van der Waals surface area contributed by atoms with E-state index in [1.807, 2.05) is 0 Å². The van der Waals surface area contributed by atoms with Gasteiger partial charge in [-0.2, -0.15) is 0 Å². The molecule has 0 aromatic heterocycles. The number of hydrogen-bond acceptors (Lipinski definition) is 5. The lowest BCUT2D eigenvalue weighted by molar-refractivity contribution is -0.0638. The average Bonchev–Trinajstić information content (AvgIpc) is 3.66. The predicted octanol–water partition coefficient (Wildman–Crippen LogP) is 5.61. The average molecular weight is 588 g/mol. The van der Waals surface area contributed by atoms with E-state index in [9.17, 15) is 5.41 Å². The Balaban J connectivity index is 1.15. The van der Waals surface area contributed by atoms with Crippen molar-refractivity contribution in [2.45, 2.75) is 116 Å². The van der Waals surface area contributed by atoms with Gasteiger partial charge in [0.15, 0.2) is 11.9 Å². The molecule has 8 rings (SSSR count).